The number of nitro groups is 1. The van der Waals surface area contributed by atoms with Crippen molar-refractivity contribution >= 4 is 5.69 Å². The fourth-order valence-corrected chi connectivity index (χ4v) is 1.17. The summed E-state index contributed by atoms with van der Waals surface area (Å²) >= 11 is 0. The Morgan fingerprint density at radius 3 is 2.43 bits per heavy atom. The molecule has 14 heavy (non-hydrogen) atoms. The van der Waals surface area contributed by atoms with Crippen LogP contribution in [0.15, 0.2) is 24.3 Å². The van der Waals surface area contributed by atoms with E-state index in [0.717, 1.165) is 11.5 Å². The molecular weight excluding hydrogens is 182 g/mol. The maximum absolute atomic E-state index is 10.4. The summed E-state index contributed by atoms with van der Waals surface area (Å²) < 4.78 is 4.96. The van der Waals surface area contributed by atoms with Crippen LogP contribution in [0.3, 0.4) is 0 Å². The lowest BCUT2D eigenvalue weighted by Gasteiger charge is -2.08. The predicted octanol–water partition coefficient (Wildman–Crippen LogP) is 2.18. The van der Waals surface area contributed by atoms with Gasteiger partial charge >= 0.3 is 0 Å². The monoisotopic (exact) mass is 194 g/mol. The van der Waals surface area contributed by atoms with Gasteiger partial charge in [0.1, 0.15) is 0 Å². The van der Waals surface area contributed by atoms with Crippen molar-refractivity contribution in [2.24, 2.45) is 0 Å². The zero-order valence-corrected chi connectivity index (χ0v) is 8.19. The highest BCUT2D eigenvalue weighted by Crippen LogP contribution is 2.18. The average Bonchev–Trinajstić information content (AvgIpc) is 2.18. The molecule has 4 heteroatoms. The number of hydrogen-bond donors (Lipinski definition) is 0. The molecule has 1 rings (SSSR count). The normalized spacial score (nSPS) is 10.5. The Balaban J connectivity index is 2.77. The van der Waals surface area contributed by atoms with Gasteiger partial charge in [0.2, 0.25) is 0 Å². The Morgan fingerprint density at radius 1 is 1.43 bits per heavy atom. The van der Waals surface area contributed by atoms with E-state index in [4.69, 9.17) is 4.74 Å². The van der Waals surface area contributed by atoms with E-state index in [2.05, 4.69) is 0 Å². The summed E-state index contributed by atoms with van der Waals surface area (Å²) in [6.07, 6.45) is 0. The molecule has 0 aromatic heterocycles. The first kappa shape index (κ1) is 10.7. The Kier molecular flexibility index (Phi) is 3.59. The van der Waals surface area contributed by atoms with Crippen molar-refractivity contribution in [1.82, 2.24) is 0 Å². The van der Waals surface area contributed by atoms with Crippen LogP contribution in [-0.2, 0) is 4.74 Å². The molecule has 1 aromatic carbocycles. The second-order valence-corrected chi connectivity index (χ2v) is 3.02. The minimum Gasteiger partial charge on any atom is -0.384 e. The average molecular weight is 194 g/mol. The van der Waals surface area contributed by atoms with E-state index < -0.39 is 4.92 Å². The topological polar surface area (TPSA) is 52.4 Å². The molecule has 0 aliphatic carbocycles. The number of hydrogen-bond acceptors (Lipinski definition) is 3. The van der Waals surface area contributed by atoms with Crippen LogP contribution in [0.25, 0.3) is 0 Å². The molecule has 0 saturated carbocycles. The van der Waals surface area contributed by atoms with Gasteiger partial charge in [0.25, 0.3) is 5.69 Å². The smallest absolute Gasteiger partial charge is 0.269 e. The van der Waals surface area contributed by atoms with E-state index in [0.29, 0.717) is 6.61 Å². The molecule has 0 amide bonds. The number of ether oxygens (including phenoxy) is 1. The third-order valence-electron chi connectivity index (χ3n) is 1.93. The first-order valence-corrected chi connectivity index (χ1v) is 4.21. The number of non-ortho nitro benzene ring substituents is 1. The van der Waals surface area contributed by atoms with Gasteiger partial charge in [0.15, 0.2) is 0 Å². The minimum absolute atomic E-state index is 0.110. The lowest BCUT2D eigenvalue weighted by Crippen LogP contribution is -2.02. The third-order valence-corrected chi connectivity index (χ3v) is 1.93. The summed E-state index contributed by atoms with van der Waals surface area (Å²) in [4.78, 5) is 9.97. The van der Waals surface area contributed by atoms with E-state index in [1.165, 1.54) is 12.1 Å². The Labute approximate surface area is 82.7 Å². The fourth-order valence-electron chi connectivity index (χ4n) is 1.17. The van der Waals surface area contributed by atoms with Gasteiger partial charge in [-0.15, -0.1) is 0 Å². The number of nitro benzene ring substituents is 1. The van der Waals surface area contributed by atoms with Gasteiger partial charge in [-0.2, -0.15) is 0 Å². The Bertz CT molecular complexity index is 308. The summed E-state index contributed by atoms with van der Waals surface area (Å²) in [6, 6.07) is 6.45. The first-order chi connectivity index (χ1) is 6.65. The molecule has 0 bridgehead atoms. The van der Waals surface area contributed by atoms with Crippen molar-refractivity contribution in [1.29, 1.82) is 0 Å². The van der Waals surface area contributed by atoms with Gasteiger partial charge in [-0.25, -0.2) is 0 Å². The van der Waals surface area contributed by atoms with E-state index in [1.54, 1.807) is 19.2 Å². The lowest BCUT2D eigenvalue weighted by molar-refractivity contribution is -0.384. The SMILES string of the molecule is COC[C](C)c1ccc([N+](=O)[O-])cc1. The van der Waals surface area contributed by atoms with Crippen LogP contribution >= 0.6 is 0 Å². The molecular formula is C10H12NO3. The molecule has 1 radical (unpaired) electrons. The molecule has 0 heterocycles. The number of methoxy groups -OCH3 is 1. The van der Waals surface area contributed by atoms with Gasteiger partial charge in [-0.1, -0.05) is 19.1 Å². The van der Waals surface area contributed by atoms with Crippen molar-refractivity contribution in [2.45, 2.75) is 6.92 Å². The van der Waals surface area contributed by atoms with Crippen LogP contribution in [-0.4, -0.2) is 18.6 Å². The highest BCUT2D eigenvalue weighted by atomic mass is 16.6. The number of benzene rings is 1. The van der Waals surface area contributed by atoms with E-state index >= 15 is 0 Å². The van der Waals surface area contributed by atoms with Crippen molar-refractivity contribution in [2.75, 3.05) is 13.7 Å². The first-order valence-electron chi connectivity index (χ1n) is 4.21. The molecule has 0 spiro atoms. The molecule has 0 aliphatic rings. The summed E-state index contributed by atoms with van der Waals surface area (Å²) in [5, 5.41) is 10.4. The van der Waals surface area contributed by atoms with E-state index in [1.807, 2.05) is 6.92 Å². The second kappa shape index (κ2) is 4.72. The van der Waals surface area contributed by atoms with E-state index in [-0.39, 0.29) is 5.69 Å². The predicted molar refractivity (Wildman–Crippen MR) is 53.0 cm³/mol. The summed E-state index contributed by atoms with van der Waals surface area (Å²) in [6.45, 7) is 2.47. The molecule has 0 atom stereocenters. The largest absolute Gasteiger partial charge is 0.384 e. The summed E-state index contributed by atoms with van der Waals surface area (Å²) in [5.74, 6) is 1.06. The van der Waals surface area contributed by atoms with Gasteiger partial charge in [-0.3, -0.25) is 10.1 Å². The third kappa shape index (κ3) is 2.53. The van der Waals surface area contributed by atoms with Crippen LogP contribution < -0.4 is 0 Å². The van der Waals surface area contributed by atoms with Crippen molar-refractivity contribution in [3.05, 3.63) is 45.9 Å². The molecule has 4 nitrogen and oxygen atoms in total. The summed E-state index contributed by atoms with van der Waals surface area (Å²) in [7, 11) is 1.62. The van der Waals surface area contributed by atoms with Gasteiger partial charge in [0, 0.05) is 25.2 Å². The standard InChI is InChI=1S/C10H12NO3/c1-8(7-14-2)9-3-5-10(6-4-9)11(12)13/h3-6H,7H2,1-2H3. The fraction of sp³-hybridized carbons (Fsp3) is 0.300. The number of rotatable bonds is 4. The second-order valence-electron chi connectivity index (χ2n) is 3.02. The van der Waals surface area contributed by atoms with Gasteiger partial charge in [-0.05, 0) is 5.56 Å². The molecule has 0 unspecified atom stereocenters. The van der Waals surface area contributed by atoms with Crippen LogP contribution in [0.5, 0.6) is 0 Å². The molecule has 1 aromatic rings. The molecule has 0 N–H and O–H groups in total. The Hall–Kier alpha value is -1.42. The van der Waals surface area contributed by atoms with E-state index in [9.17, 15) is 10.1 Å². The van der Waals surface area contributed by atoms with Gasteiger partial charge in [0.05, 0.1) is 11.5 Å². The maximum atomic E-state index is 10.4. The summed E-state index contributed by atoms with van der Waals surface area (Å²) in [5.41, 5.74) is 1.08. The van der Waals surface area contributed by atoms with Gasteiger partial charge < -0.3 is 4.74 Å². The van der Waals surface area contributed by atoms with Crippen molar-refractivity contribution < 1.29 is 9.66 Å². The highest BCUT2D eigenvalue weighted by molar-refractivity contribution is 5.38. The minimum atomic E-state index is -0.407. The zero-order chi connectivity index (χ0) is 10.6. The van der Waals surface area contributed by atoms with Crippen LogP contribution in [0, 0.1) is 16.0 Å². The van der Waals surface area contributed by atoms with Crippen LogP contribution in [0.2, 0.25) is 0 Å². The molecule has 0 aliphatic heterocycles. The zero-order valence-electron chi connectivity index (χ0n) is 8.19. The highest BCUT2D eigenvalue weighted by Gasteiger charge is 2.08. The maximum Gasteiger partial charge on any atom is 0.269 e. The number of nitrogens with zero attached hydrogens (tertiary/aromatic N) is 1. The van der Waals surface area contributed by atoms with Crippen LogP contribution in [0.4, 0.5) is 5.69 Å². The van der Waals surface area contributed by atoms with Crippen molar-refractivity contribution in [3.8, 4) is 0 Å². The van der Waals surface area contributed by atoms with Crippen LogP contribution in [0.1, 0.15) is 12.5 Å². The Morgan fingerprint density at radius 2 is 2.00 bits per heavy atom. The van der Waals surface area contributed by atoms with Crippen molar-refractivity contribution in [3.63, 3.8) is 0 Å². The lowest BCUT2D eigenvalue weighted by atomic mass is 10.0. The molecule has 75 valence electrons. The molecule has 0 saturated heterocycles. The quantitative estimate of drug-likeness (QED) is 0.545. The molecule has 0 fully saturated rings.